The quantitative estimate of drug-likeness (QED) is 0.254. The molecule has 0 N–H and O–H groups in total. The van der Waals surface area contributed by atoms with Crippen molar-refractivity contribution in [3.05, 3.63) is 0 Å². The summed E-state index contributed by atoms with van der Waals surface area (Å²) in [5, 5.41) is 0. The first kappa shape index (κ1) is 31.0. The molecule has 0 aromatic rings. The largest absolute Gasteiger partial charge is 0.463 e. The lowest BCUT2D eigenvalue weighted by atomic mass is 9.43. The zero-order chi connectivity index (χ0) is 29.6. The average Bonchev–Trinajstić information content (AvgIpc) is 3.10. The molecule has 0 radical (unpaired) electrons. The van der Waals surface area contributed by atoms with Crippen LogP contribution in [0.5, 0.6) is 0 Å². The standard InChI is InChI=1S/C33H52O7/c1-18(2)10-9-11-19(3)25-16-27(39-21(5)35)30-29-26(37)15-23-14-24(38-20(4)34)12-13-32(23,7)31(29)28(40-22(6)36)17-33(25,30)8/h18-19,23-25,27-31H,9-17H2,1-8H3/t19-,23?,24+,25-,27+,28-,29+,30+,31+,32+,33-/m1/s1. The van der Waals surface area contributed by atoms with Gasteiger partial charge in [-0.15, -0.1) is 0 Å². The Morgan fingerprint density at radius 3 is 2.05 bits per heavy atom. The molecule has 0 saturated heterocycles. The van der Waals surface area contributed by atoms with Crippen LogP contribution in [0.4, 0.5) is 0 Å². The molecule has 4 aliphatic carbocycles. The van der Waals surface area contributed by atoms with Crippen molar-refractivity contribution in [2.24, 2.45) is 52.3 Å². The number of carbonyl (C=O) groups is 4. The van der Waals surface area contributed by atoms with Crippen molar-refractivity contribution < 1.29 is 33.4 Å². The smallest absolute Gasteiger partial charge is 0.302 e. The van der Waals surface area contributed by atoms with E-state index in [0.717, 1.165) is 32.1 Å². The molecule has 1 unspecified atom stereocenters. The van der Waals surface area contributed by atoms with Crippen molar-refractivity contribution in [3.63, 3.8) is 0 Å². The van der Waals surface area contributed by atoms with Crippen molar-refractivity contribution in [1.29, 1.82) is 0 Å². The fourth-order valence-corrected chi connectivity index (χ4v) is 9.97. The molecule has 7 nitrogen and oxygen atoms in total. The second-order valence-corrected chi connectivity index (χ2v) is 14.6. The second kappa shape index (κ2) is 11.8. The van der Waals surface area contributed by atoms with Gasteiger partial charge in [0, 0.05) is 44.9 Å². The Kier molecular flexibility index (Phi) is 9.12. The van der Waals surface area contributed by atoms with E-state index in [-0.39, 0.29) is 82.4 Å². The first-order valence-corrected chi connectivity index (χ1v) is 15.7. The molecule has 0 spiro atoms. The predicted octanol–water partition coefficient (Wildman–Crippen LogP) is 6.30. The highest BCUT2D eigenvalue weighted by Crippen LogP contribution is 2.68. The van der Waals surface area contributed by atoms with E-state index in [4.69, 9.17) is 14.2 Å². The van der Waals surface area contributed by atoms with Crippen LogP contribution in [0.1, 0.15) is 113 Å². The number of hydrogen-bond donors (Lipinski definition) is 0. The number of hydrogen-bond acceptors (Lipinski definition) is 7. The average molecular weight is 561 g/mol. The van der Waals surface area contributed by atoms with Crippen LogP contribution in [0, 0.1) is 52.3 Å². The van der Waals surface area contributed by atoms with Gasteiger partial charge in [0.1, 0.15) is 24.1 Å². The highest BCUT2D eigenvalue weighted by Gasteiger charge is 2.69. The maximum absolute atomic E-state index is 14.2. The van der Waals surface area contributed by atoms with Crippen molar-refractivity contribution in [1.82, 2.24) is 0 Å². The predicted molar refractivity (Wildman–Crippen MR) is 151 cm³/mol. The SMILES string of the molecule is CC(=O)O[C@H]1CC[C@@]2(C)C(CC(=O)[C@H]3[C@@H]4[C@@H](OC(C)=O)C[C@H]([C@H](C)CCCC(C)C)[C@@]4(C)C[C@@H](OC(C)=O)[C@@H]32)C1. The van der Waals surface area contributed by atoms with Crippen molar-refractivity contribution in [2.45, 2.75) is 131 Å². The molecule has 4 fully saturated rings. The summed E-state index contributed by atoms with van der Waals surface area (Å²) in [6.45, 7) is 15.7. The molecule has 4 aliphatic rings. The summed E-state index contributed by atoms with van der Waals surface area (Å²) in [5.74, 6) is 0.108. The molecule has 4 rings (SSSR count). The zero-order valence-electron chi connectivity index (χ0n) is 26.0. The molecule has 226 valence electrons. The summed E-state index contributed by atoms with van der Waals surface area (Å²) in [6, 6.07) is 0. The van der Waals surface area contributed by atoms with Gasteiger partial charge >= 0.3 is 17.9 Å². The van der Waals surface area contributed by atoms with Crippen LogP contribution < -0.4 is 0 Å². The summed E-state index contributed by atoms with van der Waals surface area (Å²) in [6.07, 6.45) is 6.61. The normalized spacial score (nSPS) is 41.4. The maximum atomic E-state index is 14.2. The lowest BCUT2D eigenvalue weighted by Crippen LogP contribution is -2.64. The molecule has 0 amide bonds. The highest BCUT2D eigenvalue weighted by molar-refractivity contribution is 5.84. The van der Waals surface area contributed by atoms with Gasteiger partial charge in [-0.1, -0.05) is 53.9 Å². The van der Waals surface area contributed by atoms with Crippen molar-refractivity contribution in [2.75, 3.05) is 0 Å². The number of Topliss-reactive ketones (excluding diaryl/α,β-unsaturated/α-hetero) is 1. The second-order valence-electron chi connectivity index (χ2n) is 14.6. The lowest BCUT2D eigenvalue weighted by molar-refractivity contribution is -0.208. The molecule has 0 bridgehead atoms. The highest BCUT2D eigenvalue weighted by atomic mass is 16.6. The Bertz CT molecular complexity index is 989. The first-order valence-electron chi connectivity index (χ1n) is 15.7. The van der Waals surface area contributed by atoms with Gasteiger partial charge in [-0.3, -0.25) is 19.2 Å². The Morgan fingerprint density at radius 2 is 1.45 bits per heavy atom. The molecule has 0 aromatic heterocycles. The minimum Gasteiger partial charge on any atom is -0.463 e. The number of ether oxygens (including phenoxy) is 3. The Hall–Kier alpha value is -1.92. The number of ketones is 1. The number of carbonyl (C=O) groups excluding carboxylic acids is 4. The molecule has 0 heterocycles. The molecular weight excluding hydrogens is 508 g/mol. The molecule has 11 atom stereocenters. The minimum absolute atomic E-state index is 0.0566. The Balaban J connectivity index is 1.72. The molecule has 0 aliphatic heterocycles. The van der Waals surface area contributed by atoms with Crippen LogP contribution in [-0.4, -0.2) is 42.0 Å². The zero-order valence-corrected chi connectivity index (χ0v) is 26.0. The Morgan fingerprint density at radius 1 is 0.850 bits per heavy atom. The van der Waals surface area contributed by atoms with E-state index >= 15 is 0 Å². The van der Waals surface area contributed by atoms with E-state index in [1.165, 1.54) is 27.2 Å². The van der Waals surface area contributed by atoms with Gasteiger partial charge in [-0.05, 0) is 66.6 Å². The van der Waals surface area contributed by atoms with E-state index < -0.39 is 0 Å². The van der Waals surface area contributed by atoms with Gasteiger partial charge in [-0.2, -0.15) is 0 Å². The molecule has 4 saturated carbocycles. The molecule has 0 aromatic carbocycles. The van der Waals surface area contributed by atoms with E-state index in [9.17, 15) is 19.2 Å². The number of fused-ring (bicyclic) bond motifs is 5. The van der Waals surface area contributed by atoms with Crippen LogP contribution in [0.3, 0.4) is 0 Å². The fourth-order valence-electron chi connectivity index (χ4n) is 9.97. The van der Waals surface area contributed by atoms with Crippen LogP contribution in [0.2, 0.25) is 0 Å². The van der Waals surface area contributed by atoms with Crippen molar-refractivity contribution >= 4 is 23.7 Å². The summed E-state index contributed by atoms with van der Waals surface area (Å²) in [7, 11) is 0. The van der Waals surface area contributed by atoms with Crippen LogP contribution in [0.25, 0.3) is 0 Å². The summed E-state index contributed by atoms with van der Waals surface area (Å²) in [4.78, 5) is 50.8. The third-order valence-corrected chi connectivity index (χ3v) is 11.5. The number of rotatable bonds is 8. The maximum Gasteiger partial charge on any atom is 0.302 e. The van der Waals surface area contributed by atoms with Crippen molar-refractivity contribution in [3.8, 4) is 0 Å². The summed E-state index contributed by atoms with van der Waals surface area (Å²) < 4.78 is 17.8. The van der Waals surface area contributed by atoms with E-state index in [1.54, 1.807) is 0 Å². The third kappa shape index (κ3) is 5.86. The molecular formula is C33H52O7. The Labute approximate surface area is 240 Å². The first-order chi connectivity index (χ1) is 18.7. The minimum atomic E-state index is -0.368. The van der Waals surface area contributed by atoms with Crippen LogP contribution in [-0.2, 0) is 33.4 Å². The van der Waals surface area contributed by atoms with Crippen LogP contribution in [0.15, 0.2) is 0 Å². The third-order valence-electron chi connectivity index (χ3n) is 11.5. The van der Waals surface area contributed by atoms with Gasteiger partial charge in [0.15, 0.2) is 0 Å². The van der Waals surface area contributed by atoms with E-state index in [0.29, 0.717) is 31.1 Å². The van der Waals surface area contributed by atoms with Crippen LogP contribution >= 0.6 is 0 Å². The lowest BCUT2D eigenvalue weighted by Gasteiger charge is -2.62. The topological polar surface area (TPSA) is 96.0 Å². The van der Waals surface area contributed by atoms with E-state index in [1.807, 2.05) is 0 Å². The van der Waals surface area contributed by atoms with Gasteiger partial charge in [0.25, 0.3) is 0 Å². The summed E-state index contributed by atoms with van der Waals surface area (Å²) >= 11 is 0. The van der Waals surface area contributed by atoms with Gasteiger partial charge in [-0.25, -0.2) is 0 Å². The van der Waals surface area contributed by atoms with Gasteiger partial charge < -0.3 is 14.2 Å². The monoisotopic (exact) mass is 560 g/mol. The van der Waals surface area contributed by atoms with E-state index in [2.05, 4.69) is 34.6 Å². The van der Waals surface area contributed by atoms with Gasteiger partial charge in [0.2, 0.25) is 0 Å². The fraction of sp³-hybridized carbons (Fsp3) is 0.879. The number of esters is 3. The molecule has 7 heteroatoms. The summed E-state index contributed by atoms with van der Waals surface area (Å²) in [5.41, 5.74) is -0.523. The molecule has 40 heavy (non-hydrogen) atoms. The van der Waals surface area contributed by atoms with Gasteiger partial charge in [0.05, 0.1) is 0 Å².